The number of rotatable bonds is 5. The van der Waals surface area contributed by atoms with Gasteiger partial charge in [0.05, 0.1) is 17.7 Å². The van der Waals surface area contributed by atoms with Gasteiger partial charge >= 0.3 is 11.4 Å². The summed E-state index contributed by atoms with van der Waals surface area (Å²) in [4.78, 5) is 41.5. The van der Waals surface area contributed by atoms with Crippen molar-refractivity contribution in [3.05, 3.63) is 43.9 Å². The molecule has 8 atom stereocenters. The summed E-state index contributed by atoms with van der Waals surface area (Å²) in [6.07, 6.45) is -6.87. The highest BCUT2D eigenvalue weighted by Crippen LogP contribution is 2.29. The van der Waals surface area contributed by atoms with Crippen molar-refractivity contribution in [3.63, 3.8) is 0 Å². The van der Waals surface area contributed by atoms with Gasteiger partial charge in [-0.2, -0.15) is 9.97 Å². The van der Waals surface area contributed by atoms with Crippen LogP contribution in [0.2, 0.25) is 0 Å². The number of nitrogen functional groups attached to an aromatic ring is 1. The Kier molecular flexibility index (Phi) is 9.68. The lowest BCUT2D eigenvalue weighted by Crippen LogP contribution is -2.36. The minimum atomic E-state index is -1.36. The van der Waals surface area contributed by atoms with Crippen LogP contribution in [0.15, 0.2) is 32.5 Å². The quantitative estimate of drug-likeness (QED) is 0.161. The molecule has 2 aromatic heterocycles. The molecule has 0 bridgehead atoms. The normalized spacial score (nSPS) is 30.5. The van der Waals surface area contributed by atoms with E-state index in [9.17, 15) is 34.8 Å². The van der Waals surface area contributed by atoms with Crippen molar-refractivity contribution in [2.75, 3.05) is 24.3 Å². The van der Waals surface area contributed by atoms with Crippen molar-refractivity contribution < 1.29 is 44.9 Å². The number of aliphatic hydroxyl groups is 6. The van der Waals surface area contributed by atoms with E-state index in [1.165, 1.54) is 25.4 Å². The number of carbonyl (C=O) groups excluding carboxylic acids is 1. The fourth-order valence-electron chi connectivity index (χ4n) is 3.72. The average molecular weight is 607 g/mol. The van der Waals surface area contributed by atoms with Gasteiger partial charge in [-0.3, -0.25) is 13.9 Å². The summed E-state index contributed by atoms with van der Waals surface area (Å²) < 4.78 is 12.8. The minimum absolute atomic E-state index is 0.0167. The number of ether oxygens (including phenoxy) is 2. The predicted molar refractivity (Wildman–Crippen MR) is 129 cm³/mol. The highest BCUT2D eigenvalue weighted by Gasteiger charge is 2.44. The Morgan fingerprint density at radius 1 is 0.974 bits per heavy atom. The van der Waals surface area contributed by atoms with E-state index in [0.717, 1.165) is 9.13 Å². The standard InChI is InChI=1S/C11H15N3O6.C9H12BrN3O5/c1-5(16)12-7-2-3-14(11(19)13-7)10-9(18)8(17)6(4-15)20-10;10-3-1-13(9(17)12-7(3)11)8-6(16)5(15)4(2-14)18-8/h2-3,6,8-10,15,17-18H,4H2,1H3,(H,12,13,16,19);1,4-6,8,14-16H,2H2,(H2,11,12,17)/t6-,8-,9-,10-;4-,5-,6-,8-/m11/s1. The maximum Gasteiger partial charge on any atom is 0.351 e. The summed E-state index contributed by atoms with van der Waals surface area (Å²) in [5.74, 6) is -0.281. The van der Waals surface area contributed by atoms with Gasteiger partial charge in [-0.05, 0) is 22.0 Å². The van der Waals surface area contributed by atoms with Gasteiger partial charge in [-0.1, -0.05) is 0 Å². The second kappa shape index (κ2) is 12.4. The maximum absolute atomic E-state index is 11.8. The zero-order chi connectivity index (χ0) is 28.3. The zero-order valence-electron chi connectivity index (χ0n) is 19.7. The third-order valence-corrected chi connectivity index (χ3v) is 6.26. The summed E-state index contributed by atoms with van der Waals surface area (Å²) in [6, 6.07) is 1.36. The van der Waals surface area contributed by atoms with E-state index < -0.39 is 73.7 Å². The van der Waals surface area contributed by atoms with Crippen LogP contribution >= 0.6 is 15.9 Å². The Morgan fingerprint density at radius 2 is 1.47 bits per heavy atom. The lowest BCUT2D eigenvalue weighted by Gasteiger charge is -2.17. The second-order valence-electron chi connectivity index (χ2n) is 8.31. The van der Waals surface area contributed by atoms with Gasteiger partial charge in [-0.15, -0.1) is 0 Å². The van der Waals surface area contributed by atoms with Gasteiger partial charge in [0.1, 0.15) is 48.3 Å². The number of anilines is 2. The molecule has 4 rings (SSSR count). The number of aliphatic hydroxyl groups excluding tert-OH is 6. The first-order chi connectivity index (χ1) is 17.9. The molecule has 9 N–H and O–H groups in total. The van der Waals surface area contributed by atoms with Crippen LogP contribution < -0.4 is 22.4 Å². The molecule has 0 unspecified atom stereocenters. The van der Waals surface area contributed by atoms with E-state index in [1.807, 2.05) is 0 Å². The Balaban J connectivity index is 0.000000212. The van der Waals surface area contributed by atoms with Crippen LogP contribution in [0.5, 0.6) is 0 Å². The molecule has 0 aromatic carbocycles. The van der Waals surface area contributed by atoms with E-state index in [4.69, 9.17) is 25.4 Å². The highest BCUT2D eigenvalue weighted by atomic mass is 79.9. The lowest BCUT2D eigenvalue weighted by atomic mass is 10.1. The second-order valence-corrected chi connectivity index (χ2v) is 9.16. The van der Waals surface area contributed by atoms with Crippen LogP contribution in [0.4, 0.5) is 11.6 Å². The van der Waals surface area contributed by atoms with E-state index in [2.05, 4.69) is 31.2 Å². The molecule has 0 spiro atoms. The summed E-state index contributed by atoms with van der Waals surface area (Å²) in [5.41, 5.74) is 3.96. The largest absolute Gasteiger partial charge is 0.394 e. The zero-order valence-corrected chi connectivity index (χ0v) is 21.3. The summed E-state index contributed by atoms with van der Waals surface area (Å²) in [6.45, 7) is 0.327. The minimum Gasteiger partial charge on any atom is -0.394 e. The van der Waals surface area contributed by atoms with Crippen LogP contribution in [0.3, 0.4) is 0 Å². The smallest absolute Gasteiger partial charge is 0.351 e. The molecule has 1 amide bonds. The molecular formula is C20H27BrN6O11. The molecule has 210 valence electrons. The number of hydrogen-bond donors (Lipinski definition) is 8. The van der Waals surface area contributed by atoms with E-state index in [0.29, 0.717) is 4.47 Å². The first-order valence-electron chi connectivity index (χ1n) is 11.0. The van der Waals surface area contributed by atoms with Crippen LogP contribution in [0, 0.1) is 0 Å². The van der Waals surface area contributed by atoms with Gasteiger partial charge in [0, 0.05) is 19.3 Å². The van der Waals surface area contributed by atoms with Crippen LogP contribution in [0.1, 0.15) is 19.4 Å². The molecule has 38 heavy (non-hydrogen) atoms. The van der Waals surface area contributed by atoms with Crippen molar-refractivity contribution in [3.8, 4) is 0 Å². The van der Waals surface area contributed by atoms with Crippen molar-refractivity contribution in [2.45, 2.75) is 56.0 Å². The molecule has 0 aliphatic carbocycles. The number of nitrogens with zero attached hydrogens (tertiary/aromatic N) is 4. The summed E-state index contributed by atoms with van der Waals surface area (Å²) in [7, 11) is 0. The van der Waals surface area contributed by atoms with E-state index in [-0.39, 0.29) is 17.5 Å². The van der Waals surface area contributed by atoms with Gasteiger partial charge < -0.3 is 51.2 Å². The Bertz CT molecular complexity index is 1260. The molecular weight excluding hydrogens is 580 g/mol. The maximum atomic E-state index is 11.8. The Hall–Kier alpha value is -2.81. The van der Waals surface area contributed by atoms with Crippen molar-refractivity contribution in [1.29, 1.82) is 0 Å². The molecule has 4 heterocycles. The molecule has 0 saturated carbocycles. The molecule has 2 aromatic rings. The fraction of sp³-hybridized carbons (Fsp3) is 0.550. The Morgan fingerprint density at radius 3 is 1.92 bits per heavy atom. The lowest BCUT2D eigenvalue weighted by molar-refractivity contribution is -0.114. The Labute approximate surface area is 221 Å². The van der Waals surface area contributed by atoms with Gasteiger partial charge in [0.2, 0.25) is 5.91 Å². The summed E-state index contributed by atoms with van der Waals surface area (Å²) in [5, 5.41) is 59.1. The number of hydrogen-bond acceptors (Lipinski definition) is 14. The molecule has 17 nitrogen and oxygen atoms in total. The molecule has 2 saturated heterocycles. The number of halogens is 1. The third-order valence-electron chi connectivity index (χ3n) is 5.65. The first kappa shape index (κ1) is 29.7. The third kappa shape index (κ3) is 6.25. The van der Waals surface area contributed by atoms with Gasteiger partial charge in [-0.25, -0.2) is 9.59 Å². The number of carbonyl (C=O) groups is 1. The van der Waals surface area contributed by atoms with Crippen molar-refractivity contribution in [1.82, 2.24) is 19.1 Å². The number of aromatic nitrogens is 4. The topological polar surface area (TPSA) is 265 Å². The van der Waals surface area contributed by atoms with Gasteiger partial charge in [0.15, 0.2) is 12.5 Å². The molecule has 2 fully saturated rings. The molecule has 2 aliphatic rings. The highest BCUT2D eigenvalue weighted by molar-refractivity contribution is 9.10. The number of nitrogens with two attached hydrogens (primary N) is 1. The fourth-order valence-corrected chi connectivity index (χ4v) is 4.03. The van der Waals surface area contributed by atoms with Crippen LogP contribution in [-0.4, -0.2) is 105 Å². The molecule has 18 heteroatoms. The SMILES string of the molecule is CC(=O)Nc1ccn([C@@H]2O[C@H](CO)[C@@H](O)[C@H]2O)c(=O)n1.Nc1nc(=O)n([C@@H]2O[C@H](CO)[C@@H](O)[C@H]2O)cc1Br. The van der Waals surface area contributed by atoms with Crippen LogP contribution in [-0.2, 0) is 14.3 Å². The van der Waals surface area contributed by atoms with E-state index >= 15 is 0 Å². The van der Waals surface area contributed by atoms with Crippen LogP contribution in [0.25, 0.3) is 0 Å². The monoisotopic (exact) mass is 606 g/mol. The molecule has 2 aliphatic heterocycles. The number of amides is 1. The first-order valence-corrected chi connectivity index (χ1v) is 11.8. The van der Waals surface area contributed by atoms with Gasteiger partial charge in [0.25, 0.3) is 0 Å². The van der Waals surface area contributed by atoms with Crippen molar-refractivity contribution in [2.24, 2.45) is 0 Å². The predicted octanol–water partition coefficient (Wildman–Crippen LogP) is -3.99. The van der Waals surface area contributed by atoms with E-state index in [1.54, 1.807) is 0 Å². The summed E-state index contributed by atoms with van der Waals surface area (Å²) >= 11 is 3.10. The average Bonchev–Trinajstić information content (AvgIpc) is 3.31. The van der Waals surface area contributed by atoms with Crippen molar-refractivity contribution >= 4 is 33.5 Å². The number of nitrogens with one attached hydrogen (secondary N) is 1. The molecule has 0 radical (unpaired) electrons.